The molecule has 0 aliphatic carbocycles. The summed E-state index contributed by atoms with van der Waals surface area (Å²) in [5.74, 6) is 2.42. The van der Waals surface area contributed by atoms with Crippen LogP contribution in [0, 0.1) is 0 Å². The van der Waals surface area contributed by atoms with Gasteiger partial charge in [0, 0.05) is 56.7 Å². The summed E-state index contributed by atoms with van der Waals surface area (Å²) in [7, 11) is 1.90. The number of nitrogens with one attached hydrogen (secondary N) is 2. The fraction of sp³-hybridized carbons (Fsp3) is 0.367. The van der Waals surface area contributed by atoms with Crippen LogP contribution in [0.15, 0.2) is 65.8 Å². The van der Waals surface area contributed by atoms with Gasteiger partial charge in [0.1, 0.15) is 5.75 Å². The second-order valence-electron chi connectivity index (χ2n) is 10.4. The Hall–Kier alpha value is -3.56. The molecule has 3 heterocycles. The normalized spacial score (nSPS) is 13.8. The zero-order chi connectivity index (χ0) is 27.4. The zero-order valence-electron chi connectivity index (χ0n) is 23.3. The number of nitrogens with zero attached hydrogens (tertiary/aromatic N) is 5. The van der Waals surface area contributed by atoms with Gasteiger partial charge >= 0.3 is 0 Å². The second-order valence-corrected chi connectivity index (χ2v) is 11.3. The first-order chi connectivity index (χ1) is 18.9. The van der Waals surface area contributed by atoms with Crippen molar-refractivity contribution in [3.05, 3.63) is 72.1 Å². The highest BCUT2D eigenvalue weighted by atomic mass is 32.2. The van der Waals surface area contributed by atoms with Crippen molar-refractivity contribution in [2.24, 2.45) is 7.05 Å². The Morgan fingerprint density at radius 3 is 2.26 bits per heavy atom. The van der Waals surface area contributed by atoms with Crippen molar-refractivity contribution in [1.29, 1.82) is 0 Å². The molecule has 1 saturated heterocycles. The van der Waals surface area contributed by atoms with Gasteiger partial charge in [-0.1, -0.05) is 45.9 Å². The lowest BCUT2D eigenvalue weighted by molar-refractivity contribution is 0.463. The zero-order valence-corrected chi connectivity index (χ0v) is 24.1. The summed E-state index contributed by atoms with van der Waals surface area (Å²) in [6, 6.07) is 16.7. The van der Waals surface area contributed by atoms with E-state index < -0.39 is 0 Å². The van der Waals surface area contributed by atoms with Crippen LogP contribution in [-0.2, 0) is 7.05 Å². The van der Waals surface area contributed by atoms with E-state index in [-0.39, 0.29) is 0 Å². The van der Waals surface area contributed by atoms with Crippen LogP contribution >= 0.6 is 11.9 Å². The molecule has 4 aromatic rings. The van der Waals surface area contributed by atoms with Gasteiger partial charge in [-0.05, 0) is 59.2 Å². The van der Waals surface area contributed by atoms with Crippen LogP contribution in [0.2, 0.25) is 0 Å². The van der Waals surface area contributed by atoms with Crippen molar-refractivity contribution in [2.75, 3.05) is 35.8 Å². The van der Waals surface area contributed by atoms with E-state index in [1.54, 1.807) is 4.68 Å². The van der Waals surface area contributed by atoms with Gasteiger partial charge in [-0.2, -0.15) is 10.1 Å². The monoisotopic (exact) mass is 543 g/mol. The molecule has 8 nitrogen and oxygen atoms in total. The summed E-state index contributed by atoms with van der Waals surface area (Å²) in [4.78, 5) is 13.1. The minimum Gasteiger partial charge on any atom is -0.439 e. The molecule has 5 rings (SSSR count). The number of ether oxygens (including phenoxy) is 1. The molecule has 0 radical (unpaired) electrons. The Bertz CT molecular complexity index is 1370. The van der Waals surface area contributed by atoms with E-state index in [4.69, 9.17) is 14.7 Å². The van der Waals surface area contributed by atoms with E-state index in [1.807, 2.05) is 37.6 Å². The van der Waals surface area contributed by atoms with Crippen LogP contribution in [0.4, 0.5) is 11.6 Å². The molecular formula is C30H37N7OS. The number of benzene rings is 2. The maximum atomic E-state index is 6.33. The molecule has 2 aromatic carbocycles. The van der Waals surface area contributed by atoms with E-state index >= 15 is 0 Å². The molecule has 2 N–H and O–H groups in total. The molecule has 1 aliphatic rings. The van der Waals surface area contributed by atoms with E-state index in [0.29, 0.717) is 23.7 Å². The minimum atomic E-state index is 0.344. The maximum absolute atomic E-state index is 6.33. The maximum Gasteiger partial charge on any atom is 0.237 e. The molecule has 0 saturated carbocycles. The smallest absolute Gasteiger partial charge is 0.237 e. The van der Waals surface area contributed by atoms with E-state index in [0.717, 1.165) is 48.1 Å². The van der Waals surface area contributed by atoms with Crippen molar-refractivity contribution < 1.29 is 4.74 Å². The minimum absolute atomic E-state index is 0.344. The fourth-order valence-electron chi connectivity index (χ4n) is 4.82. The van der Waals surface area contributed by atoms with Crippen molar-refractivity contribution in [3.8, 4) is 22.9 Å². The molecule has 0 spiro atoms. The Kier molecular flexibility index (Phi) is 8.38. The average molecular weight is 544 g/mol. The molecule has 0 atom stereocenters. The lowest BCUT2D eigenvalue weighted by Gasteiger charge is -2.29. The topological polar surface area (TPSA) is 80.1 Å². The highest BCUT2D eigenvalue weighted by Crippen LogP contribution is 2.37. The third kappa shape index (κ3) is 6.54. The van der Waals surface area contributed by atoms with Gasteiger partial charge in [-0.3, -0.25) is 9.40 Å². The summed E-state index contributed by atoms with van der Waals surface area (Å²) in [6.07, 6.45) is 3.76. The lowest BCUT2D eigenvalue weighted by Crippen LogP contribution is -2.43. The number of anilines is 2. The van der Waals surface area contributed by atoms with Crippen LogP contribution < -0.4 is 19.7 Å². The van der Waals surface area contributed by atoms with Gasteiger partial charge in [0.05, 0.1) is 16.8 Å². The van der Waals surface area contributed by atoms with Crippen molar-refractivity contribution in [1.82, 2.24) is 25.1 Å². The summed E-state index contributed by atoms with van der Waals surface area (Å²) in [5.41, 5.74) is 5.72. The van der Waals surface area contributed by atoms with Crippen molar-refractivity contribution >= 4 is 23.6 Å². The van der Waals surface area contributed by atoms with Gasteiger partial charge in [0.15, 0.2) is 0 Å². The number of aromatic nitrogens is 4. The number of hydrogen-bond acceptors (Lipinski definition) is 8. The van der Waals surface area contributed by atoms with Crippen LogP contribution in [0.25, 0.3) is 11.3 Å². The largest absolute Gasteiger partial charge is 0.439 e. The molecule has 1 aliphatic heterocycles. The predicted molar refractivity (Wildman–Crippen MR) is 160 cm³/mol. The number of hydrogen-bond donors (Lipinski definition) is 2. The van der Waals surface area contributed by atoms with Crippen LogP contribution in [-0.4, -0.2) is 45.9 Å². The van der Waals surface area contributed by atoms with Crippen LogP contribution in [0.5, 0.6) is 11.6 Å². The molecule has 2 aromatic heterocycles. The highest BCUT2D eigenvalue weighted by Gasteiger charge is 2.19. The highest BCUT2D eigenvalue weighted by molar-refractivity contribution is 8.00. The van der Waals surface area contributed by atoms with Gasteiger partial charge in [-0.25, -0.2) is 4.98 Å². The van der Waals surface area contributed by atoms with Crippen molar-refractivity contribution in [2.45, 2.75) is 44.4 Å². The van der Waals surface area contributed by atoms with Crippen LogP contribution in [0.1, 0.15) is 50.7 Å². The average Bonchev–Trinajstić information content (AvgIpc) is 3.37. The summed E-state index contributed by atoms with van der Waals surface area (Å²) in [5, 5.41) is 7.66. The number of aryl methyl sites for hydroxylation is 1. The molecule has 0 bridgehead atoms. The van der Waals surface area contributed by atoms with E-state index in [9.17, 15) is 0 Å². The Morgan fingerprint density at radius 1 is 0.949 bits per heavy atom. The number of piperazine rings is 1. The van der Waals surface area contributed by atoms with Crippen molar-refractivity contribution in [3.63, 3.8) is 0 Å². The molecule has 39 heavy (non-hydrogen) atoms. The first-order valence-electron chi connectivity index (χ1n) is 13.5. The lowest BCUT2D eigenvalue weighted by atomic mass is 9.87. The first kappa shape index (κ1) is 27.0. The fourth-order valence-corrected chi connectivity index (χ4v) is 5.43. The third-order valence-electron chi connectivity index (χ3n) is 6.81. The van der Waals surface area contributed by atoms with Gasteiger partial charge in [-0.15, -0.1) is 0 Å². The summed E-state index contributed by atoms with van der Waals surface area (Å²) in [6.45, 7) is 12.9. The van der Waals surface area contributed by atoms with E-state index in [1.165, 1.54) is 28.8 Å². The van der Waals surface area contributed by atoms with Gasteiger partial charge < -0.3 is 15.0 Å². The Morgan fingerprint density at radius 2 is 1.64 bits per heavy atom. The van der Waals surface area contributed by atoms with Crippen LogP contribution in [0.3, 0.4) is 0 Å². The standard InChI is InChI=1S/C30H37N7OS/c1-20(2)25-7-6-8-26(21(3)4)29(25)27-17-28(34-30(33-27)35-39-24-18-32-36(5)19-24)38-23-11-9-22(10-12-23)37-15-13-31-14-16-37/h6-12,17-21,31H,13-16H2,1-5H3,(H,33,34,35). The SMILES string of the molecule is CC(C)c1cccc(C(C)C)c1-c1cc(Oc2ccc(N3CCNCC3)cc2)nc(NSc2cnn(C)c2)n1. The first-order valence-corrected chi connectivity index (χ1v) is 14.4. The molecule has 0 unspecified atom stereocenters. The molecule has 9 heteroatoms. The van der Waals surface area contributed by atoms with Gasteiger partial charge in [0.2, 0.25) is 11.8 Å². The second kappa shape index (κ2) is 12.1. The third-order valence-corrected chi connectivity index (χ3v) is 7.55. The Balaban J connectivity index is 1.50. The molecule has 204 valence electrons. The summed E-state index contributed by atoms with van der Waals surface area (Å²) < 4.78 is 11.4. The predicted octanol–water partition coefficient (Wildman–Crippen LogP) is 6.45. The van der Waals surface area contributed by atoms with E-state index in [2.05, 4.69) is 78.1 Å². The molecule has 0 amide bonds. The number of rotatable bonds is 9. The summed E-state index contributed by atoms with van der Waals surface area (Å²) >= 11 is 1.43. The Labute approximate surface area is 235 Å². The molecule has 1 fully saturated rings. The van der Waals surface area contributed by atoms with Gasteiger partial charge in [0.25, 0.3) is 0 Å². The molecular weight excluding hydrogens is 506 g/mol. The quantitative estimate of drug-likeness (QED) is 0.233.